The van der Waals surface area contributed by atoms with Crippen molar-refractivity contribution in [1.29, 1.82) is 0 Å². The molecule has 3 heteroatoms. The van der Waals surface area contributed by atoms with E-state index in [1.165, 1.54) is 12.1 Å². The van der Waals surface area contributed by atoms with E-state index in [9.17, 15) is 8.78 Å². The van der Waals surface area contributed by atoms with Gasteiger partial charge in [-0.15, -0.1) is 0 Å². The molecule has 1 atom stereocenters. The third-order valence-corrected chi connectivity index (χ3v) is 3.92. The maximum absolute atomic E-state index is 14.2. The van der Waals surface area contributed by atoms with Gasteiger partial charge >= 0.3 is 0 Å². The Morgan fingerprint density at radius 1 is 1.05 bits per heavy atom. The molecule has 0 aliphatic heterocycles. The molecule has 21 heavy (non-hydrogen) atoms. The molecule has 0 saturated carbocycles. The molecule has 1 N–H and O–H groups in total. The zero-order valence-corrected chi connectivity index (χ0v) is 12.7. The largest absolute Gasteiger partial charge is 0.309 e. The van der Waals surface area contributed by atoms with Crippen molar-refractivity contribution in [3.63, 3.8) is 0 Å². The fourth-order valence-electron chi connectivity index (χ4n) is 2.73. The van der Waals surface area contributed by atoms with Gasteiger partial charge in [0, 0.05) is 17.0 Å². The number of nitrogens with one attached hydrogen (secondary N) is 1. The van der Waals surface area contributed by atoms with Gasteiger partial charge in [0.15, 0.2) is 0 Å². The van der Waals surface area contributed by atoms with Gasteiger partial charge in [-0.1, -0.05) is 51.1 Å². The van der Waals surface area contributed by atoms with Crippen molar-refractivity contribution in [3.8, 4) is 0 Å². The number of hydrogen-bond donors (Lipinski definition) is 1. The van der Waals surface area contributed by atoms with Gasteiger partial charge < -0.3 is 5.32 Å². The van der Waals surface area contributed by atoms with E-state index in [1.807, 2.05) is 51.1 Å². The number of hydrogen-bond acceptors (Lipinski definition) is 1. The lowest BCUT2D eigenvalue weighted by molar-refractivity contribution is 0.342. The number of rotatable bonds is 5. The minimum Gasteiger partial charge on any atom is -0.309 e. The summed E-state index contributed by atoms with van der Waals surface area (Å²) in [5.74, 6) is -0.801. The summed E-state index contributed by atoms with van der Waals surface area (Å²) in [6, 6.07) is 13.2. The van der Waals surface area contributed by atoms with E-state index in [4.69, 9.17) is 0 Å². The van der Waals surface area contributed by atoms with Gasteiger partial charge in [0.2, 0.25) is 0 Å². The molecule has 0 fully saturated rings. The van der Waals surface area contributed by atoms with Crippen molar-refractivity contribution in [2.24, 2.45) is 0 Å². The first kappa shape index (κ1) is 15.6. The highest BCUT2D eigenvalue weighted by molar-refractivity contribution is 5.33. The highest BCUT2D eigenvalue weighted by atomic mass is 19.1. The maximum atomic E-state index is 14.2. The highest BCUT2D eigenvalue weighted by Gasteiger charge is 2.33. The van der Waals surface area contributed by atoms with Crippen LogP contribution in [0.2, 0.25) is 0 Å². The fourth-order valence-corrected chi connectivity index (χ4v) is 2.73. The molecule has 0 aliphatic rings. The van der Waals surface area contributed by atoms with Crippen molar-refractivity contribution in [1.82, 2.24) is 5.32 Å². The van der Waals surface area contributed by atoms with E-state index in [-0.39, 0.29) is 17.3 Å². The van der Waals surface area contributed by atoms with Crippen molar-refractivity contribution in [2.45, 2.75) is 32.2 Å². The van der Waals surface area contributed by atoms with E-state index in [1.54, 1.807) is 0 Å². The Morgan fingerprint density at radius 2 is 1.71 bits per heavy atom. The molecule has 0 heterocycles. The molecule has 0 radical (unpaired) electrons. The summed E-state index contributed by atoms with van der Waals surface area (Å²) >= 11 is 0. The Balaban J connectivity index is 2.50. The van der Waals surface area contributed by atoms with Gasteiger partial charge in [-0.3, -0.25) is 0 Å². The molecule has 0 spiro atoms. The zero-order chi connectivity index (χ0) is 15.5. The van der Waals surface area contributed by atoms with Gasteiger partial charge in [0.05, 0.1) is 0 Å². The molecular weight excluding hydrogens is 268 g/mol. The minimum absolute atomic E-state index is 0.305. The zero-order valence-electron chi connectivity index (χ0n) is 12.7. The van der Waals surface area contributed by atoms with Crippen LogP contribution in [0.3, 0.4) is 0 Å². The molecule has 112 valence electrons. The summed E-state index contributed by atoms with van der Waals surface area (Å²) in [6.07, 6.45) is 0. The quantitative estimate of drug-likeness (QED) is 0.848. The Morgan fingerprint density at radius 3 is 2.33 bits per heavy atom. The van der Waals surface area contributed by atoms with Crippen LogP contribution >= 0.6 is 0 Å². The molecule has 0 amide bonds. The standard InChI is InChI=1S/C18H21F2N/c1-4-21-17(15-12-14(19)10-11-16(15)20)18(2,3)13-8-6-5-7-9-13/h5-12,17,21H,4H2,1-3H3. The smallest absolute Gasteiger partial charge is 0.128 e. The van der Waals surface area contributed by atoms with Gasteiger partial charge in [-0.25, -0.2) is 8.78 Å². The van der Waals surface area contributed by atoms with Crippen LogP contribution < -0.4 is 5.32 Å². The number of benzene rings is 2. The van der Waals surface area contributed by atoms with Crippen LogP contribution in [0.1, 0.15) is 37.9 Å². The Hall–Kier alpha value is -1.74. The van der Waals surface area contributed by atoms with Gasteiger partial charge in [0.1, 0.15) is 11.6 Å². The van der Waals surface area contributed by atoms with Gasteiger partial charge in [-0.2, -0.15) is 0 Å². The molecule has 2 aromatic rings. The SMILES string of the molecule is CCNC(c1cc(F)ccc1F)C(C)(C)c1ccccc1. The Bertz CT molecular complexity index is 593. The van der Waals surface area contributed by atoms with Gasteiger partial charge in [0.25, 0.3) is 0 Å². The molecule has 0 aliphatic carbocycles. The second-order valence-electron chi connectivity index (χ2n) is 5.74. The molecular formula is C18H21F2N. The predicted octanol–water partition coefficient (Wildman–Crippen LogP) is 4.59. The van der Waals surface area contributed by atoms with E-state index in [2.05, 4.69) is 5.32 Å². The molecule has 0 aromatic heterocycles. The summed E-state index contributed by atoms with van der Waals surface area (Å²) in [5.41, 5.74) is 1.08. The third-order valence-electron chi connectivity index (χ3n) is 3.92. The second kappa shape index (κ2) is 6.35. The first-order chi connectivity index (χ1) is 9.96. The van der Waals surface area contributed by atoms with E-state index in [0.717, 1.165) is 11.6 Å². The minimum atomic E-state index is -0.418. The van der Waals surface area contributed by atoms with Crippen LogP contribution in [0, 0.1) is 11.6 Å². The number of likely N-dealkylation sites (N-methyl/N-ethyl adjacent to an activating group) is 1. The molecule has 0 bridgehead atoms. The average Bonchev–Trinajstić information content (AvgIpc) is 2.48. The lowest BCUT2D eigenvalue weighted by atomic mass is 9.74. The summed E-state index contributed by atoms with van der Waals surface area (Å²) in [5, 5.41) is 3.30. The molecule has 2 aromatic carbocycles. The van der Waals surface area contributed by atoms with Crippen LogP contribution in [0.25, 0.3) is 0 Å². The summed E-state index contributed by atoms with van der Waals surface area (Å²) < 4.78 is 27.7. The lowest BCUT2D eigenvalue weighted by Gasteiger charge is -2.36. The van der Waals surface area contributed by atoms with E-state index in [0.29, 0.717) is 12.1 Å². The monoisotopic (exact) mass is 289 g/mol. The summed E-state index contributed by atoms with van der Waals surface area (Å²) in [7, 11) is 0. The van der Waals surface area contributed by atoms with Crippen LogP contribution in [0.4, 0.5) is 8.78 Å². The highest BCUT2D eigenvalue weighted by Crippen LogP contribution is 2.37. The first-order valence-electron chi connectivity index (χ1n) is 7.20. The van der Waals surface area contributed by atoms with Crippen LogP contribution in [0.5, 0.6) is 0 Å². The molecule has 2 rings (SSSR count). The number of halogens is 2. The fraction of sp³-hybridized carbons (Fsp3) is 0.333. The van der Waals surface area contributed by atoms with E-state index >= 15 is 0 Å². The van der Waals surface area contributed by atoms with Crippen LogP contribution in [-0.4, -0.2) is 6.54 Å². The first-order valence-corrected chi connectivity index (χ1v) is 7.20. The average molecular weight is 289 g/mol. The molecule has 0 saturated heterocycles. The van der Waals surface area contributed by atoms with Crippen LogP contribution in [-0.2, 0) is 5.41 Å². The summed E-state index contributed by atoms with van der Waals surface area (Å²) in [6.45, 7) is 6.72. The van der Waals surface area contributed by atoms with Crippen molar-refractivity contribution < 1.29 is 8.78 Å². The third kappa shape index (κ3) is 3.30. The molecule has 1 unspecified atom stereocenters. The predicted molar refractivity (Wildman–Crippen MR) is 82.2 cm³/mol. The Kier molecular flexibility index (Phi) is 4.73. The van der Waals surface area contributed by atoms with Gasteiger partial charge in [-0.05, 0) is 30.3 Å². The van der Waals surface area contributed by atoms with E-state index < -0.39 is 5.82 Å². The van der Waals surface area contributed by atoms with Crippen molar-refractivity contribution in [3.05, 3.63) is 71.3 Å². The second-order valence-corrected chi connectivity index (χ2v) is 5.74. The van der Waals surface area contributed by atoms with Crippen molar-refractivity contribution in [2.75, 3.05) is 6.54 Å². The summed E-state index contributed by atoms with van der Waals surface area (Å²) in [4.78, 5) is 0. The Labute approximate surface area is 125 Å². The van der Waals surface area contributed by atoms with Crippen molar-refractivity contribution >= 4 is 0 Å². The maximum Gasteiger partial charge on any atom is 0.128 e. The topological polar surface area (TPSA) is 12.0 Å². The molecule has 1 nitrogen and oxygen atoms in total. The lowest BCUT2D eigenvalue weighted by Crippen LogP contribution is -2.38. The normalized spacial score (nSPS) is 13.2. The van der Waals surface area contributed by atoms with Crippen LogP contribution in [0.15, 0.2) is 48.5 Å².